The Bertz CT molecular complexity index is 753. The molecule has 2 fully saturated rings. The largest absolute Gasteiger partial charge is 0.495 e. The minimum absolute atomic E-state index is 0.142. The summed E-state index contributed by atoms with van der Waals surface area (Å²) in [6.07, 6.45) is 5.97. The predicted molar refractivity (Wildman–Crippen MR) is 102 cm³/mol. The zero-order valence-electron chi connectivity index (χ0n) is 15.8. The molecule has 1 aromatic rings. The van der Waals surface area contributed by atoms with Gasteiger partial charge < -0.3 is 14.8 Å². The number of carbonyl (C=O) groups excluding carboxylic acids is 1. The maximum atomic E-state index is 12.9. The first-order chi connectivity index (χ1) is 13.0. The molecule has 2 aliphatic heterocycles. The van der Waals surface area contributed by atoms with Crippen LogP contribution in [0.15, 0.2) is 23.1 Å². The van der Waals surface area contributed by atoms with E-state index < -0.39 is 10.0 Å². The predicted octanol–water partition coefficient (Wildman–Crippen LogP) is 2.77. The van der Waals surface area contributed by atoms with E-state index in [1.165, 1.54) is 23.5 Å². The number of rotatable bonds is 7. The normalized spacial score (nSPS) is 21.1. The molecule has 1 aromatic carbocycles. The van der Waals surface area contributed by atoms with Gasteiger partial charge in [-0.05, 0) is 50.3 Å². The van der Waals surface area contributed by atoms with Crippen LogP contribution in [0.2, 0.25) is 0 Å². The van der Waals surface area contributed by atoms with E-state index in [0.717, 1.165) is 38.7 Å². The molecule has 7 nitrogen and oxygen atoms in total. The number of sulfonamides is 1. The number of carbonyl (C=O) groups is 1. The van der Waals surface area contributed by atoms with Crippen molar-refractivity contribution >= 4 is 21.6 Å². The van der Waals surface area contributed by atoms with Crippen LogP contribution in [0.25, 0.3) is 0 Å². The van der Waals surface area contributed by atoms with Gasteiger partial charge in [0.1, 0.15) is 5.75 Å². The Hall–Kier alpha value is -1.64. The lowest BCUT2D eigenvalue weighted by molar-refractivity contribution is -0.116. The maximum absolute atomic E-state index is 12.9. The van der Waals surface area contributed by atoms with Gasteiger partial charge in [0, 0.05) is 26.1 Å². The van der Waals surface area contributed by atoms with E-state index in [1.54, 1.807) is 6.07 Å². The lowest BCUT2D eigenvalue weighted by Gasteiger charge is -2.26. The Morgan fingerprint density at radius 2 is 2.04 bits per heavy atom. The van der Waals surface area contributed by atoms with E-state index in [1.807, 2.05) is 0 Å². The van der Waals surface area contributed by atoms with Gasteiger partial charge in [-0.2, -0.15) is 4.31 Å². The average molecular weight is 397 g/mol. The number of amides is 1. The van der Waals surface area contributed by atoms with Gasteiger partial charge in [-0.25, -0.2) is 8.42 Å². The molecule has 1 unspecified atom stereocenters. The lowest BCUT2D eigenvalue weighted by Crippen LogP contribution is -2.35. The van der Waals surface area contributed by atoms with E-state index >= 15 is 0 Å². The maximum Gasteiger partial charge on any atom is 0.243 e. The molecule has 1 amide bonds. The van der Waals surface area contributed by atoms with E-state index in [-0.39, 0.29) is 16.9 Å². The number of piperidine rings is 1. The van der Waals surface area contributed by atoms with Crippen LogP contribution in [-0.4, -0.2) is 51.5 Å². The molecule has 0 radical (unpaired) electrons. The van der Waals surface area contributed by atoms with Gasteiger partial charge in [0.25, 0.3) is 0 Å². The first-order valence-corrected chi connectivity index (χ1v) is 11.0. The second-order valence-electron chi connectivity index (χ2n) is 7.05. The number of nitrogens with zero attached hydrogens (tertiary/aromatic N) is 1. The van der Waals surface area contributed by atoms with E-state index in [4.69, 9.17) is 9.47 Å². The van der Waals surface area contributed by atoms with Crippen molar-refractivity contribution in [3.8, 4) is 5.75 Å². The van der Waals surface area contributed by atoms with Gasteiger partial charge in [-0.1, -0.05) is 6.42 Å². The Kier molecular flexibility index (Phi) is 6.73. The number of benzene rings is 1. The van der Waals surface area contributed by atoms with Gasteiger partial charge in [-0.3, -0.25) is 4.79 Å². The van der Waals surface area contributed by atoms with Crippen molar-refractivity contribution in [2.45, 2.75) is 55.9 Å². The van der Waals surface area contributed by atoms with Crippen LogP contribution in [0, 0.1) is 0 Å². The Morgan fingerprint density at radius 1 is 1.26 bits per heavy atom. The molecule has 0 aliphatic carbocycles. The van der Waals surface area contributed by atoms with Crippen molar-refractivity contribution in [3.63, 3.8) is 0 Å². The smallest absolute Gasteiger partial charge is 0.243 e. The number of methoxy groups -OCH3 is 1. The van der Waals surface area contributed by atoms with E-state index in [0.29, 0.717) is 37.4 Å². The van der Waals surface area contributed by atoms with Crippen LogP contribution in [-0.2, 0) is 19.6 Å². The molecule has 2 aliphatic rings. The van der Waals surface area contributed by atoms with Crippen molar-refractivity contribution < 1.29 is 22.7 Å². The standard InChI is InChI=1S/C19H28N2O5S/c1-25-18-9-8-16(27(23,24)21-11-3-2-4-12-21)14-17(18)20-19(22)10-7-15-6-5-13-26-15/h8-9,14-15H,2-7,10-13H2,1H3,(H,20,22). The van der Waals surface area contributed by atoms with Crippen LogP contribution in [0.4, 0.5) is 5.69 Å². The molecular formula is C19H28N2O5S. The number of ether oxygens (including phenoxy) is 2. The third-order valence-electron chi connectivity index (χ3n) is 5.12. The minimum atomic E-state index is -3.56. The topological polar surface area (TPSA) is 84.9 Å². The fourth-order valence-electron chi connectivity index (χ4n) is 3.58. The summed E-state index contributed by atoms with van der Waals surface area (Å²) in [4.78, 5) is 12.5. The molecule has 0 spiro atoms. The summed E-state index contributed by atoms with van der Waals surface area (Å²) in [7, 11) is -2.07. The minimum Gasteiger partial charge on any atom is -0.495 e. The summed E-state index contributed by atoms with van der Waals surface area (Å²) in [5.41, 5.74) is 0.382. The number of nitrogens with one attached hydrogen (secondary N) is 1. The number of anilines is 1. The highest BCUT2D eigenvalue weighted by Crippen LogP contribution is 2.30. The van der Waals surface area contributed by atoms with Gasteiger partial charge in [0.2, 0.25) is 15.9 Å². The summed E-state index contributed by atoms with van der Waals surface area (Å²) in [6.45, 7) is 1.84. The SMILES string of the molecule is COc1ccc(S(=O)(=O)N2CCCCC2)cc1NC(=O)CCC1CCCO1. The van der Waals surface area contributed by atoms with Crippen LogP contribution in [0.1, 0.15) is 44.9 Å². The first kappa shape index (κ1) is 20.1. The Balaban J connectivity index is 1.71. The van der Waals surface area contributed by atoms with Gasteiger partial charge in [0.05, 0.1) is 23.8 Å². The first-order valence-electron chi connectivity index (χ1n) is 9.60. The second-order valence-corrected chi connectivity index (χ2v) is 8.99. The molecule has 27 heavy (non-hydrogen) atoms. The van der Waals surface area contributed by atoms with Crippen molar-refractivity contribution in [2.75, 3.05) is 32.1 Å². The summed E-state index contributed by atoms with van der Waals surface area (Å²) in [5, 5.41) is 2.80. The van der Waals surface area contributed by atoms with Crippen molar-refractivity contribution in [1.29, 1.82) is 0 Å². The fraction of sp³-hybridized carbons (Fsp3) is 0.632. The molecule has 1 atom stereocenters. The van der Waals surface area contributed by atoms with Crippen LogP contribution in [0.5, 0.6) is 5.75 Å². The molecule has 2 saturated heterocycles. The summed E-state index contributed by atoms with van der Waals surface area (Å²) < 4.78 is 38.1. The molecular weight excluding hydrogens is 368 g/mol. The van der Waals surface area contributed by atoms with Crippen LogP contribution in [0.3, 0.4) is 0 Å². The third kappa shape index (κ3) is 5.00. The summed E-state index contributed by atoms with van der Waals surface area (Å²) in [6, 6.07) is 4.62. The fourth-order valence-corrected chi connectivity index (χ4v) is 5.12. The molecule has 150 valence electrons. The second kappa shape index (κ2) is 9.03. The summed E-state index contributed by atoms with van der Waals surface area (Å²) >= 11 is 0. The van der Waals surface area contributed by atoms with Gasteiger partial charge in [-0.15, -0.1) is 0 Å². The van der Waals surface area contributed by atoms with Crippen LogP contribution >= 0.6 is 0 Å². The highest BCUT2D eigenvalue weighted by Gasteiger charge is 2.27. The molecule has 8 heteroatoms. The molecule has 0 saturated carbocycles. The molecule has 3 rings (SSSR count). The zero-order chi connectivity index (χ0) is 19.3. The Labute approximate surface area is 161 Å². The van der Waals surface area contributed by atoms with E-state index in [2.05, 4.69) is 5.32 Å². The quantitative estimate of drug-likeness (QED) is 0.766. The summed E-state index contributed by atoms with van der Waals surface area (Å²) in [5.74, 6) is 0.273. The third-order valence-corrected chi connectivity index (χ3v) is 7.01. The van der Waals surface area contributed by atoms with Crippen LogP contribution < -0.4 is 10.1 Å². The highest BCUT2D eigenvalue weighted by atomic mass is 32.2. The Morgan fingerprint density at radius 3 is 2.70 bits per heavy atom. The monoisotopic (exact) mass is 396 g/mol. The van der Waals surface area contributed by atoms with Crippen molar-refractivity contribution in [1.82, 2.24) is 4.31 Å². The molecule has 0 bridgehead atoms. The van der Waals surface area contributed by atoms with Gasteiger partial charge in [0.15, 0.2) is 0 Å². The lowest BCUT2D eigenvalue weighted by atomic mass is 10.1. The average Bonchev–Trinajstić information content (AvgIpc) is 3.20. The van der Waals surface area contributed by atoms with Gasteiger partial charge >= 0.3 is 0 Å². The number of hydrogen-bond acceptors (Lipinski definition) is 5. The highest BCUT2D eigenvalue weighted by molar-refractivity contribution is 7.89. The molecule has 1 N–H and O–H groups in total. The molecule has 0 aromatic heterocycles. The van der Waals surface area contributed by atoms with Crippen molar-refractivity contribution in [2.24, 2.45) is 0 Å². The molecule has 2 heterocycles. The van der Waals surface area contributed by atoms with E-state index in [9.17, 15) is 13.2 Å². The number of hydrogen-bond donors (Lipinski definition) is 1. The van der Waals surface area contributed by atoms with Crippen molar-refractivity contribution in [3.05, 3.63) is 18.2 Å². The zero-order valence-corrected chi connectivity index (χ0v) is 16.6.